The zero-order valence-electron chi connectivity index (χ0n) is 18.6. The minimum absolute atomic E-state index is 0.00979. The molecule has 172 valence electrons. The van der Waals surface area contributed by atoms with Gasteiger partial charge in [0.15, 0.2) is 16.6 Å². The number of anilines is 1. The average molecular weight is 470 g/mol. The van der Waals surface area contributed by atoms with Gasteiger partial charge in [0, 0.05) is 37.7 Å². The molecule has 1 fully saturated rings. The highest BCUT2D eigenvalue weighted by atomic mass is 32.1. The molecule has 0 aliphatic carbocycles. The first kappa shape index (κ1) is 21.7. The highest BCUT2D eigenvalue weighted by Crippen LogP contribution is 2.39. The van der Waals surface area contributed by atoms with Crippen molar-refractivity contribution in [3.8, 4) is 10.8 Å². The minimum atomic E-state index is -0.387. The van der Waals surface area contributed by atoms with Crippen LogP contribution in [0, 0.1) is 12.7 Å². The zero-order valence-corrected chi connectivity index (χ0v) is 19.4. The van der Waals surface area contributed by atoms with Gasteiger partial charge in [-0.15, -0.1) is 0 Å². The largest absolute Gasteiger partial charge is 0.328 e. The smallest absolute Gasteiger partial charge is 0.254 e. The van der Waals surface area contributed by atoms with Crippen molar-refractivity contribution in [3.63, 3.8) is 0 Å². The number of carbonyl (C=O) groups excluding carboxylic acids is 2. The number of hydrogen-bond donors (Lipinski definition) is 1. The molecule has 0 bridgehead atoms. The first-order chi connectivity index (χ1) is 15.9. The maximum absolute atomic E-state index is 13.4. The van der Waals surface area contributed by atoms with E-state index in [-0.39, 0.29) is 29.7 Å². The molecule has 1 saturated heterocycles. The van der Waals surface area contributed by atoms with Gasteiger partial charge in [0.1, 0.15) is 11.6 Å². The molecule has 9 nitrogen and oxygen atoms in total. The van der Waals surface area contributed by atoms with Gasteiger partial charge in [-0.1, -0.05) is 0 Å². The second-order valence-electron chi connectivity index (χ2n) is 8.32. The fourth-order valence-corrected chi connectivity index (χ4v) is 5.20. The van der Waals surface area contributed by atoms with Crippen molar-refractivity contribution in [2.75, 3.05) is 25.0 Å². The van der Waals surface area contributed by atoms with Crippen molar-refractivity contribution < 1.29 is 14.0 Å². The molecule has 2 aliphatic rings. The number of amides is 2. The highest BCUT2D eigenvalue weighted by Gasteiger charge is 2.40. The van der Waals surface area contributed by atoms with E-state index in [1.54, 1.807) is 9.80 Å². The van der Waals surface area contributed by atoms with E-state index in [4.69, 9.17) is 4.98 Å². The summed E-state index contributed by atoms with van der Waals surface area (Å²) < 4.78 is 19.7. The third kappa shape index (κ3) is 3.70. The molecule has 2 amide bonds. The molecule has 3 aromatic rings. The molecule has 4 heterocycles. The van der Waals surface area contributed by atoms with Crippen molar-refractivity contribution in [2.24, 2.45) is 0 Å². The summed E-state index contributed by atoms with van der Waals surface area (Å²) in [4.78, 5) is 38.9. The predicted octanol–water partition coefficient (Wildman–Crippen LogP) is 2.39. The van der Waals surface area contributed by atoms with E-state index in [0.29, 0.717) is 54.1 Å². The first-order valence-electron chi connectivity index (χ1n) is 10.8. The van der Waals surface area contributed by atoms with Gasteiger partial charge in [0.2, 0.25) is 5.91 Å². The molecule has 1 aromatic carbocycles. The molecule has 2 aliphatic heterocycles. The standard InChI is InChI=1S/C22H24FN7O2S/c1-12-18-19(30-11-16(24-3)10-17(30)31)26-20(21-25-13(2)27-33-21)29(18)9-8-28(12)22(32)14-4-6-15(23)7-5-14/h4-7,12,16,24H,8-11H2,1-3H3/t12-,16-/m1/s1. The fourth-order valence-electron chi connectivity index (χ4n) is 4.53. The van der Waals surface area contributed by atoms with Crippen LogP contribution >= 0.6 is 11.5 Å². The molecule has 33 heavy (non-hydrogen) atoms. The quantitative estimate of drug-likeness (QED) is 0.630. The lowest BCUT2D eigenvalue weighted by Crippen LogP contribution is -2.42. The monoisotopic (exact) mass is 469 g/mol. The van der Waals surface area contributed by atoms with E-state index < -0.39 is 0 Å². The van der Waals surface area contributed by atoms with Gasteiger partial charge >= 0.3 is 0 Å². The number of aryl methyl sites for hydroxylation is 1. The minimum Gasteiger partial charge on any atom is -0.328 e. The lowest BCUT2D eigenvalue weighted by Gasteiger charge is -2.36. The number of nitrogens with one attached hydrogen (secondary N) is 1. The second-order valence-corrected chi connectivity index (χ2v) is 9.07. The van der Waals surface area contributed by atoms with Crippen LogP contribution < -0.4 is 10.2 Å². The van der Waals surface area contributed by atoms with Gasteiger partial charge in [-0.3, -0.25) is 14.5 Å². The van der Waals surface area contributed by atoms with Crippen LogP contribution in [0.1, 0.15) is 41.3 Å². The lowest BCUT2D eigenvalue weighted by molar-refractivity contribution is -0.117. The molecule has 2 atom stereocenters. The summed E-state index contributed by atoms with van der Waals surface area (Å²) in [6, 6.07) is 5.26. The van der Waals surface area contributed by atoms with Crippen molar-refractivity contribution in [1.82, 2.24) is 29.1 Å². The maximum Gasteiger partial charge on any atom is 0.254 e. The summed E-state index contributed by atoms with van der Waals surface area (Å²) in [6.45, 7) is 5.23. The summed E-state index contributed by atoms with van der Waals surface area (Å²) in [7, 11) is 1.84. The van der Waals surface area contributed by atoms with Crippen molar-refractivity contribution >= 4 is 29.2 Å². The van der Waals surface area contributed by atoms with Gasteiger partial charge < -0.3 is 14.8 Å². The van der Waals surface area contributed by atoms with Crippen LogP contribution in [0.3, 0.4) is 0 Å². The number of imidazole rings is 1. The summed E-state index contributed by atoms with van der Waals surface area (Å²) in [5.41, 5.74) is 1.22. The zero-order chi connectivity index (χ0) is 23.3. The molecule has 0 spiro atoms. The normalized spacial score (nSPS) is 20.4. The topological polar surface area (TPSA) is 96.2 Å². The number of hydrogen-bond acceptors (Lipinski definition) is 7. The number of nitrogens with zero attached hydrogens (tertiary/aromatic N) is 6. The van der Waals surface area contributed by atoms with E-state index in [2.05, 4.69) is 14.7 Å². The van der Waals surface area contributed by atoms with Crippen molar-refractivity contribution in [1.29, 1.82) is 0 Å². The molecule has 11 heteroatoms. The molecule has 1 N–H and O–H groups in total. The number of benzene rings is 1. The third-order valence-electron chi connectivity index (χ3n) is 6.27. The Hall–Kier alpha value is -3.18. The number of halogens is 1. The molecular formula is C22H24FN7O2S. The fraction of sp³-hybridized carbons (Fsp3) is 0.409. The third-order valence-corrected chi connectivity index (χ3v) is 7.08. The van der Waals surface area contributed by atoms with Crippen LogP contribution in [0.5, 0.6) is 0 Å². The Bertz CT molecular complexity index is 1220. The van der Waals surface area contributed by atoms with E-state index >= 15 is 0 Å². The summed E-state index contributed by atoms with van der Waals surface area (Å²) in [6.07, 6.45) is 0.392. The summed E-state index contributed by atoms with van der Waals surface area (Å²) in [5.74, 6) is 1.30. The van der Waals surface area contributed by atoms with Gasteiger partial charge in [-0.25, -0.2) is 14.4 Å². The van der Waals surface area contributed by atoms with Gasteiger partial charge in [0.25, 0.3) is 5.91 Å². The Morgan fingerprint density at radius 2 is 1.97 bits per heavy atom. The number of rotatable bonds is 4. The van der Waals surface area contributed by atoms with Crippen LogP contribution in [-0.4, -0.2) is 61.8 Å². The Morgan fingerprint density at radius 1 is 1.21 bits per heavy atom. The first-order valence-corrected chi connectivity index (χ1v) is 11.6. The summed E-state index contributed by atoms with van der Waals surface area (Å²) in [5, 5.41) is 3.85. The molecule has 0 radical (unpaired) electrons. The SMILES string of the molecule is CN[C@@H]1CC(=O)N(c2nc(-c3nc(C)ns3)n3c2[C@@H](C)N(C(=O)c2ccc(F)cc2)CC3)C1. The molecule has 0 unspecified atom stereocenters. The van der Waals surface area contributed by atoms with E-state index in [1.165, 1.54) is 35.8 Å². The van der Waals surface area contributed by atoms with E-state index in [9.17, 15) is 14.0 Å². The van der Waals surface area contributed by atoms with Crippen molar-refractivity contribution in [2.45, 2.75) is 38.9 Å². The number of aromatic nitrogens is 4. The van der Waals surface area contributed by atoms with Crippen LogP contribution in [0.15, 0.2) is 24.3 Å². The predicted molar refractivity (Wildman–Crippen MR) is 122 cm³/mol. The van der Waals surface area contributed by atoms with Crippen LogP contribution in [0.2, 0.25) is 0 Å². The number of likely N-dealkylation sites (N-methyl/N-ethyl adjacent to an activating group) is 1. The molecule has 0 saturated carbocycles. The average Bonchev–Trinajstić information content (AvgIpc) is 3.50. The van der Waals surface area contributed by atoms with Gasteiger partial charge in [-0.2, -0.15) is 4.37 Å². The van der Waals surface area contributed by atoms with Crippen LogP contribution in [0.25, 0.3) is 10.8 Å². The van der Waals surface area contributed by atoms with Gasteiger partial charge in [0.05, 0.1) is 11.7 Å². The Labute approximate surface area is 194 Å². The summed E-state index contributed by atoms with van der Waals surface area (Å²) >= 11 is 1.27. The molecular weight excluding hydrogens is 445 g/mol. The lowest BCUT2D eigenvalue weighted by atomic mass is 10.1. The Balaban J connectivity index is 1.58. The Morgan fingerprint density at radius 3 is 2.61 bits per heavy atom. The second kappa shape index (κ2) is 8.31. The molecule has 2 aromatic heterocycles. The number of fused-ring (bicyclic) bond motifs is 1. The maximum atomic E-state index is 13.4. The van der Waals surface area contributed by atoms with Crippen LogP contribution in [0.4, 0.5) is 10.2 Å². The molecule has 5 rings (SSSR count). The van der Waals surface area contributed by atoms with E-state index in [0.717, 1.165) is 5.69 Å². The highest BCUT2D eigenvalue weighted by molar-refractivity contribution is 7.09. The van der Waals surface area contributed by atoms with E-state index in [1.807, 2.05) is 25.5 Å². The number of carbonyl (C=O) groups is 2. The van der Waals surface area contributed by atoms with Crippen LogP contribution in [-0.2, 0) is 11.3 Å². The van der Waals surface area contributed by atoms with Gasteiger partial charge in [-0.05, 0) is 56.7 Å². The Kier molecular flexibility index (Phi) is 5.45. The van der Waals surface area contributed by atoms with Crippen molar-refractivity contribution in [3.05, 3.63) is 47.2 Å².